The number of hydrogen-bond donors (Lipinski definition) is 2. The predicted octanol–water partition coefficient (Wildman–Crippen LogP) is 0.865. The minimum atomic E-state index is -2.30. The lowest BCUT2D eigenvalue weighted by molar-refractivity contribution is -0.0316. The number of piperidine rings is 1. The molecule has 2 aromatic rings. The van der Waals surface area contributed by atoms with Crippen molar-refractivity contribution in [3.63, 3.8) is 0 Å². The number of benzene rings is 1. The lowest BCUT2D eigenvalue weighted by atomic mass is 9.53. The first kappa shape index (κ1) is 15.3. The molecular formula is C18H19N3O3S. The van der Waals surface area contributed by atoms with Crippen LogP contribution in [-0.4, -0.2) is 47.1 Å². The summed E-state index contributed by atoms with van der Waals surface area (Å²) in [6.45, 7) is 1.48. The molecule has 1 saturated carbocycles. The molecule has 6 nitrogen and oxygen atoms in total. The Kier molecular flexibility index (Phi) is 3.22. The third-order valence-electron chi connectivity index (χ3n) is 6.24. The summed E-state index contributed by atoms with van der Waals surface area (Å²) in [5, 5.41) is 14.4. The number of aromatic nitrogens is 2. The zero-order valence-corrected chi connectivity index (χ0v) is 14.4. The van der Waals surface area contributed by atoms with Crippen LogP contribution in [0.5, 0.6) is 0 Å². The number of aliphatic hydroxyl groups is 1. The van der Waals surface area contributed by atoms with E-state index >= 15 is 0 Å². The molecule has 7 heteroatoms. The number of hydrogen-bond acceptors (Lipinski definition) is 5. The van der Waals surface area contributed by atoms with Gasteiger partial charge in [0, 0.05) is 16.9 Å². The monoisotopic (exact) mass is 357 g/mol. The van der Waals surface area contributed by atoms with Gasteiger partial charge in [-0.3, -0.25) is 0 Å². The van der Waals surface area contributed by atoms with Gasteiger partial charge in [-0.1, -0.05) is 24.3 Å². The van der Waals surface area contributed by atoms with Crippen LogP contribution in [0.4, 0.5) is 0 Å². The van der Waals surface area contributed by atoms with Crippen LogP contribution in [0.25, 0.3) is 11.3 Å². The van der Waals surface area contributed by atoms with Crippen LogP contribution in [0.15, 0.2) is 36.8 Å². The fraction of sp³-hybridized carbons (Fsp3) is 0.444. The van der Waals surface area contributed by atoms with Crippen LogP contribution in [0.3, 0.4) is 0 Å². The van der Waals surface area contributed by atoms with E-state index in [0.717, 1.165) is 29.9 Å². The fourth-order valence-corrected chi connectivity index (χ4v) is 6.25. The van der Waals surface area contributed by atoms with Gasteiger partial charge in [-0.05, 0) is 31.5 Å². The largest absolute Gasteiger partial charge is 0.391 e. The number of nitrogens with zero attached hydrogens (tertiary/aromatic N) is 2. The summed E-state index contributed by atoms with van der Waals surface area (Å²) in [6, 6.07) is 7.78. The number of fused-ring (bicyclic) bond motifs is 3. The Morgan fingerprint density at radius 3 is 2.76 bits per heavy atom. The fourth-order valence-electron chi connectivity index (χ4n) is 5.12. The molecular weight excluding hydrogens is 338 g/mol. The van der Waals surface area contributed by atoms with Crippen molar-refractivity contribution in [2.24, 2.45) is 11.3 Å². The number of aliphatic hydroxyl groups excluding tert-OH is 1. The molecule has 1 spiro atoms. The van der Waals surface area contributed by atoms with Crippen molar-refractivity contribution in [2.75, 3.05) is 13.1 Å². The Bertz CT molecular complexity index is 981. The highest BCUT2D eigenvalue weighted by atomic mass is 32.2. The molecule has 0 bridgehead atoms. The van der Waals surface area contributed by atoms with Crippen molar-refractivity contribution in [1.82, 2.24) is 14.9 Å². The summed E-state index contributed by atoms with van der Waals surface area (Å²) in [6.07, 6.45) is 4.22. The maximum Gasteiger partial charge on any atom is 0.214 e. The van der Waals surface area contributed by atoms with Crippen molar-refractivity contribution < 1.29 is 13.5 Å². The van der Waals surface area contributed by atoms with Gasteiger partial charge in [0.25, 0.3) is 0 Å². The maximum atomic E-state index is 12.1. The first-order valence-electron chi connectivity index (χ1n) is 8.61. The summed E-state index contributed by atoms with van der Waals surface area (Å²) in [7, 11) is -2.30. The van der Waals surface area contributed by atoms with Crippen LogP contribution < -0.4 is 5.32 Å². The molecule has 3 unspecified atom stereocenters. The highest BCUT2D eigenvalue weighted by Gasteiger charge is 2.63. The van der Waals surface area contributed by atoms with Gasteiger partial charge >= 0.3 is 0 Å². The highest BCUT2D eigenvalue weighted by Crippen LogP contribution is 2.56. The molecule has 5 rings (SSSR count). The van der Waals surface area contributed by atoms with Crippen molar-refractivity contribution in [1.29, 1.82) is 0 Å². The maximum absolute atomic E-state index is 12.1. The second-order valence-corrected chi connectivity index (χ2v) is 8.10. The Morgan fingerprint density at radius 2 is 2.00 bits per heavy atom. The number of nitrogens with one attached hydrogen (secondary N) is 1. The number of rotatable bonds is 1. The molecule has 0 radical (unpaired) electrons. The van der Waals surface area contributed by atoms with Crippen LogP contribution in [-0.2, 0) is 10.3 Å². The third-order valence-corrected chi connectivity index (χ3v) is 7.27. The van der Waals surface area contributed by atoms with Crippen LogP contribution in [0, 0.1) is 11.3 Å². The topological polar surface area (TPSA) is 84.2 Å². The summed E-state index contributed by atoms with van der Waals surface area (Å²) in [4.78, 5) is 4.73. The van der Waals surface area contributed by atoms with E-state index < -0.39 is 27.7 Å². The summed E-state index contributed by atoms with van der Waals surface area (Å²) < 4.78 is 26.3. The van der Waals surface area contributed by atoms with E-state index in [0.29, 0.717) is 17.7 Å². The smallest absolute Gasteiger partial charge is 0.214 e. The van der Waals surface area contributed by atoms with E-state index in [4.69, 9.17) is 0 Å². The zero-order valence-electron chi connectivity index (χ0n) is 13.6. The molecule has 130 valence electrons. The van der Waals surface area contributed by atoms with Crippen LogP contribution in [0.1, 0.15) is 24.4 Å². The first-order chi connectivity index (χ1) is 12.1. The normalized spacial score (nSPS) is 29.2. The molecule has 3 aliphatic rings. The minimum absolute atomic E-state index is 0.211. The van der Waals surface area contributed by atoms with E-state index in [1.165, 1.54) is 0 Å². The standard InChI is InChI=1S/C18H19N3O3S/c22-16-14(17(25(23)24)18(16)5-7-19-8-6-18)15-12-4-2-1-3-11(12)13-9-20-10-21(13)15/h1-4,9-10,14-16,19,22H,5-8H2. The van der Waals surface area contributed by atoms with Crippen molar-refractivity contribution in [2.45, 2.75) is 25.0 Å². The van der Waals surface area contributed by atoms with Crippen molar-refractivity contribution in [3.8, 4) is 11.3 Å². The Labute approximate surface area is 147 Å². The molecule has 1 saturated heterocycles. The van der Waals surface area contributed by atoms with Crippen LogP contribution >= 0.6 is 0 Å². The summed E-state index contributed by atoms with van der Waals surface area (Å²) in [5.74, 6) is -0.423. The Balaban J connectivity index is 1.66. The van der Waals surface area contributed by atoms with Crippen molar-refractivity contribution in [3.05, 3.63) is 42.4 Å². The third kappa shape index (κ3) is 1.86. The highest BCUT2D eigenvalue weighted by molar-refractivity contribution is 7.73. The van der Waals surface area contributed by atoms with Crippen LogP contribution in [0.2, 0.25) is 0 Å². The van der Waals surface area contributed by atoms with Gasteiger partial charge in [0.2, 0.25) is 10.3 Å². The Hall–Kier alpha value is -1.96. The van der Waals surface area contributed by atoms with Gasteiger partial charge in [0.1, 0.15) is 0 Å². The van der Waals surface area contributed by atoms with Crippen molar-refractivity contribution >= 4 is 15.2 Å². The van der Waals surface area contributed by atoms with E-state index in [1.807, 2.05) is 28.8 Å². The van der Waals surface area contributed by atoms with Gasteiger partial charge in [-0.2, -0.15) is 8.42 Å². The summed E-state index contributed by atoms with van der Waals surface area (Å²) >= 11 is 0. The molecule has 0 amide bonds. The zero-order chi connectivity index (χ0) is 17.2. The van der Waals surface area contributed by atoms with Gasteiger partial charge in [0.05, 0.1) is 35.2 Å². The van der Waals surface area contributed by atoms with Gasteiger partial charge in [-0.25, -0.2) is 4.98 Å². The second-order valence-electron chi connectivity index (χ2n) is 7.19. The lowest BCUT2D eigenvalue weighted by Gasteiger charge is -2.56. The Morgan fingerprint density at radius 1 is 1.24 bits per heavy atom. The molecule has 1 aliphatic carbocycles. The molecule has 2 aliphatic heterocycles. The van der Waals surface area contributed by atoms with E-state index in [9.17, 15) is 13.5 Å². The van der Waals surface area contributed by atoms with Gasteiger partial charge < -0.3 is 15.0 Å². The second kappa shape index (κ2) is 5.27. The molecule has 25 heavy (non-hydrogen) atoms. The summed E-state index contributed by atoms with van der Waals surface area (Å²) in [5.41, 5.74) is 2.52. The average Bonchev–Trinajstić information content (AvgIpc) is 3.21. The quantitative estimate of drug-likeness (QED) is 0.740. The average molecular weight is 357 g/mol. The predicted molar refractivity (Wildman–Crippen MR) is 93.8 cm³/mol. The van der Waals surface area contributed by atoms with E-state index in [-0.39, 0.29) is 6.04 Å². The first-order valence-corrected chi connectivity index (χ1v) is 9.69. The van der Waals surface area contributed by atoms with E-state index in [1.54, 1.807) is 12.5 Å². The molecule has 3 heterocycles. The van der Waals surface area contributed by atoms with Gasteiger partial charge in [0.15, 0.2) is 0 Å². The molecule has 3 atom stereocenters. The lowest BCUT2D eigenvalue weighted by Crippen LogP contribution is -2.67. The minimum Gasteiger partial charge on any atom is -0.391 e. The van der Waals surface area contributed by atoms with E-state index in [2.05, 4.69) is 10.3 Å². The molecule has 2 fully saturated rings. The number of imidazole rings is 1. The van der Waals surface area contributed by atoms with Gasteiger partial charge in [-0.15, -0.1) is 0 Å². The molecule has 1 aromatic carbocycles. The molecule has 1 aromatic heterocycles. The SMILES string of the molecule is O=S(=O)=C1C(C2c3ccccc3-c3cncn32)C(O)C12CCNCC2. The molecule has 2 N–H and O–H groups in total.